The van der Waals surface area contributed by atoms with Crippen molar-refractivity contribution in [2.45, 2.75) is 13.0 Å². The van der Waals surface area contributed by atoms with Gasteiger partial charge in [0.25, 0.3) is 0 Å². The molecule has 1 amide bonds. The largest absolute Gasteiger partial charge is 0.497 e. The molecular formula is C16H21N5O2. The monoisotopic (exact) mass is 315 g/mol. The van der Waals surface area contributed by atoms with Crippen LogP contribution in [0.25, 0.3) is 0 Å². The summed E-state index contributed by atoms with van der Waals surface area (Å²) in [4.78, 5) is 21.0. The van der Waals surface area contributed by atoms with Crippen molar-refractivity contribution in [3.63, 3.8) is 0 Å². The van der Waals surface area contributed by atoms with E-state index in [2.05, 4.69) is 15.0 Å². The van der Waals surface area contributed by atoms with Crippen molar-refractivity contribution < 1.29 is 9.53 Å². The van der Waals surface area contributed by atoms with Crippen LogP contribution in [0.3, 0.4) is 0 Å². The van der Waals surface area contributed by atoms with Crippen LogP contribution in [-0.4, -0.2) is 58.9 Å². The zero-order valence-corrected chi connectivity index (χ0v) is 13.4. The van der Waals surface area contributed by atoms with Crippen molar-refractivity contribution >= 4 is 11.7 Å². The quantitative estimate of drug-likeness (QED) is 0.848. The molecule has 3 rings (SSSR count). The van der Waals surface area contributed by atoms with Crippen LogP contribution >= 0.6 is 0 Å². The molecule has 0 spiro atoms. The summed E-state index contributed by atoms with van der Waals surface area (Å²) in [6.07, 6.45) is 5.25. The molecule has 2 aromatic rings. The topological polar surface area (TPSA) is 63.5 Å². The lowest BCUT2D eigenvalue weighted by atomic mass is 10.2. The maximum atomic E-state index is 12.6. The Balaban J connectivity index is 1.60. The number of ether oxygens (including phenoxy) is 1. The number of hydrogen-bond acceptors (Lipinski definition) is 5. The average Bonchev–Trinajstić information content (AvgIpc) is 3.15. The number of hydrogen-bond donors (Lipinski definition) is 0. The number of amides is 1. The molecule has 0 N–H and O–H groups in total. The first kappa shape index (κ1) is 15.3. The van der Waals surface area contributed by atoms with E-state index in [1.165, 1.54) is 0 Å². The highest BCUT2D eigenvalue weighted by Gasteiger charge is 2.26. The fourth-order valence-corrected chi connectivity index (χ4v) is 2.74. The first-order valence-electron chi connectivity index (χ1n) is 7.72. The number of nitrogens with zero attached hydrogens (tertiary/aromatic N) is 5. The van der Waals surface area contributed by atoms with E-state index >= 15 is 0 Å². The van der Waals surface area contributed by atoms with Crippen LogP contribution in [0.4, 0.5) is 5.82 Å². The summed E-state index contributed by atoms with van der Waals surface area (Å²) in [5.74, 6) is 1.78. The summed E-state index contributed by atoms with van der Waals surface area (Å²) in [5, 5.41) is 4.15. The van der Waals surface area contributed by atoms with Gasteiger partial charge < -0.3 is 14.5 Å². The molecule has 1 unspecified atom stereocenters. The number of pyridine rings is 1. The second-order valence-electron chi connectivity index (χ2n) is 5.53. The molecule has 122 valence electrons. The van der Waals surface area contributed by atoms with Gasteiger partial charge in [-0.25, -0.2) is 4.98 Å². The third-order valence-corrected chi connectivity index (χ3v) is 4.15. The molecule has 0 aromatic carbocycles. The van der Waals surface area contributed by atoms with E-state index in [4.69, 9.17) is 4.74 Å². The Labute approximate surface area is 135 Å². The summed E-state index contributed by atoms with van der Waals surface area (Å²) < 4.78 is 6.93. The molecule has 0 saturated carbocycles. The van der Waals surface area contributed by atoms with Gasteiger partial charge in [-0.3, -0.25) is 9.48 Å². The predicted octanol–water partition coefficient (Wildman–Crippen LogP) is 1.20. The maximum Gasteiger partial charge on any atom is 0.247 e. The van der Waals surface area contributed by atoms with Crippen LogP contribution in [0.1, 0.15) is 13.0 Å². The Bertz CT molecular complexity index is 650. The minimum Gasteiger partial charge on any atom is -0.497 e. The molecule has 0 aliphatic carbocycles. The van der Waals surface area contributed by atoms with Gasteiger partial charge in [-0.15, -0.1) is 0 Å². The smallest absolute Gasteiger partial charge is 0.247 e. The van der Waals surface area contributed by atoms with Gasteiger partial charge in [0.1, 0.15) is 17.6 Å². The van der Waals surface area contributed by atoms with E-state index in [0.29, 0.717) is 13.1 Å². The van der Waals surface area contributed by atoms with Gasteiger partial charge in [-0.2, -0.15) is 5.10 Å². The van der Waals surface area contributed by atoms with E-state index < -0.39 is 0 Å². The Morgan fingerprint density at radius 3 is 2.70 bits per heavy atom. The predicted molar refractivity (Wildman–Crippen MR) is 86.5 cm³/mol. The molecule has 1 atom stereocenters. The lowest BCUT2D eigenvalue weighted by Gasteiger charge is -2.36. The normalized spacial score (nSPS) is 16.3. The molecule has 0 radical (unpaired) electrons. The molecule has 1 aliphatic rings. The number of aromatic nitrogens is 3. The standard InChI is InChI=1S/C16H21N5O2/c1-13(21-7-3-5-18-21)16(22)20-10-8-19(9-11-20)15-12-14(23-2)4-6-17-15/h3-7,12-13H,8-11H2,1-2H3. The zero-order valence-electron chi connectivity index (χ0n) is 13.4. The third kappa shape index (κ3) is 3.28. The van der Waals surface area contributed by atoms with Gasteiger partial charge in [0.15, 0.2) is 0 Å². The Morgan fingerprint density at radius 1 is 1.26 bits per heavy atom. The Kier molecular flexibility index (Phi) is 4.45. The van der Waals surface area contributed by atoms with E-state index in [1.54, 1.807) is 24.2 Å². The second kappa shape index (κ2) is 6.68. The van der Waals surface area contributed by atoms with Crippen LogP contribution in [0.15, 0.2) is 36.8 Å². The Morgan fingerprint density at radius 2 is 2.04 bits per heavy atom. The van der Waals surface area contributed by atoms with Crippen LogP contribution in [0, 0.1) is 0 Å². The molecule has 1 fully saturated rings. The molecule has 0 bridgehead atoms. The van der Waals surface area contributed by atoms with Crippen molar-refractivity contribution in [1.82, 2.24) is 19.7 Å². The Hall–Kier alpha value is -2.57. The fraction of sp³-hybridized carbons (Fsp3) is 0.438. The van der Waals surface area contributed by atoms with Gasteiger partial charge in [-0.05, 0) is 19.1 Å². The highest BCUT2D eigenvalue weighted by molar-refractivity contribution is 5.80. The summed E-state index contributed by atoms with van der Waals surface area (Å²) >= 11 is 0. The van der Waals surface area contributed by atoms with Crippen LogP contribution in [0.5, 0.6) is 5.75 Å². The molecule has 3 heterocycles. The van der Waals surface area contributed by atoms with Gasteiger partial charge in [-0.1, -0.05) is 0 Å². The molecule has 1 saturated heterocycles. The number of piperazine rings is 1. The zero-order chi connectivity index (χ0) is 16.2. The molecule has 7 heteroatoms. The highest BCUT2D eigenvalue weighted by Crippen LogP contribution is 2.20. The SMILES string of the molecule is COc1ccnc(N2CCN(C(=O)C(C)n3cccn3)CC2)c1. The molecule has 2 aromatic heterocycles. The lowest BCUT2D eigenvalue weighted by molar-refractivity contribution is -0.134. The van der Waals surface area contributed by atoms with Gasteiger partial charge >= 0.3 is 0 Å². The van der Waals surface area contributed by atoms with Gasteiger partial charge in [0, 0.05) is 50.8 Å². The third-order valence-electron chi connectivity index (χ3n) is 4.15. The van der Waals surface area contributed by atoms with Crippen molar-refractivity contribution in [1.29, 1.82) is 0 Å². The minimum atomic E-state index is -0.272. The van der Waals surface area contributed by atoms with Crippen LogP contribution in [-0.2, 0) is 4.79 Å². The summed E-state index contributed by atoms with van der Waals surface area (Å²) in [6.45, 7) is 4.77. The van der Waals surface area contributed by atoms with Gasteiger partial charge in [0.2, 0.25) is 5.91 Å². The minimum absolute atomic E-state index is 0.104. The first-order valence-corrected chi connectivity index (χ1v) is 7.72. The molecule has 7 nitrogen and oxygen atoms in total. The molecular weight excluding hydrogens is 294 g/mol. The highest BCUT2D eigenvalue weighted by atomic mass is 16.5. The van der Waals surface area contributed by atoms with Crippen molar-refractivity contribution in [3.05, 3.63) is 36.8 Å². The number of anilines is 1. The number of carbonyl (C=O) groups is 1. The summed E-state index contributed by atoms with van der Waals surface area (Å²) in [5.41, 5.74) is 0. The van der Waals surface area contributed by atoms with Crippen molar-refractivity contribution in [2.75, 3.05) is 38.2 Å². The van der Waals surface area contributed by atoms with Gasteiger partial charge in [0.05, 0.1) is 7.11 Å². The van der Waals surface area contributed by atoms with Crippen LogP contribution < -0.4 is 9.64 Å². The number of rotatable bonds is 4. The van der Waals surface area contributed by atoms with E-state index in [-0.39, 0.29) is 11.9 Å². The van der Waals surface area contributed by atoms with Crippen molar-refractivity contribution in [3.8, 4) is 5.75 Å². The second-order valence-corrected chi connectivity index (χ2v) is 5.53. The summed E-state index contributed by atoms with van der Waals surface area (Å²) in [6, 6.07) is 5.31. The first-order chi connectivity index (χ1) is 11.2. The molecule has 1 aliphatic heterocycles. The fourth-order valence-electron chi connectivity index (χ4n) is 2.74. The summed E-state index contributed by atoms with van der Waals surface area (Å²) in [7, 11) is 1.65. The molecule has 23 heavy (non-hydrogen) atoms. The van der Waals surface area contributed by atoms with E-state index in [9.17, 15) is 4.79 Å². The average molecular weight is 315 g/mol. The lowest BCUT2D eigenvalue weighted by Crippen LogP contribution is -2.50. The van der Waals surface area contributed by atoms with Crippen molar-refractivity contribution in [2.24, 2.45) is 0 Å². The maximum absolute atomic E-state index is 12.6. The number of carbonyl (C=O) groups excluding carboxylic acids is 1. The number of methoxy groups -OCH3 is 1. The van der Waals surface area contributed by atoms with Crippen LogP contribution in [0.2, 0.25) is 0 Å². The van der Waals surface area contributed by atoms with E-state index in [0.717, 1.165) is 24.7 Å². The van der Waals surface area contributed by atoms with E-state index in [1.807, 2.05) is 36.2 Å².